The van der Waals surface area contributed by atoms with Crippen molar-refractivity contribution in [2.75, 3.05) is 13.2 Å². The van der Waals surface area contributed by atoms with Gasteiger partial charge >= 0.3 is 5.97 Å². The number of carbonyl (C=O) groups is 2. The van der Waals surface area contributed by atoms with Gasteiger partial charge in [0, 0.05) is 6.54 Å². The third kappa shape index (κ3) is 3.65. The van der Waals surface area contributed by atoms with Crippen LogP contribution in [-0.2, 0) is 9.59 Å². The van der Waals surface area contributed by atoms with Gasteiger partial charge in [-0.1, -0.05) is 12.1 Å². The van der Waals surface area contributed by atoms with Crippen LogP contribution in [0.15, 0.2) is 24.3 Å². The zero-order valence-corrected chi connectivity index (χ0v) is 12.1. The van der Waals surface area contributed by atoms with Crippen LogP contribution in [0.2, 0.25) is 0 Å². The summed E-state index contributed by atoms with van der Waals surface area (Å²) in [6.45, 7) is 3.67. The molecule has 2 rings (SSSR count). The molecule has 1 unspecified atom stereocenters. The molecule has 6 heteroatoms. The molecule has 1 aromatic rings. The molecule has 1 amide bonds. The number of carboxylic acid groups (broad SMARTS) is 1. The predicted molar refractivity (Wildman–Crippen MR) is 75.4 cm³/mol. The Balaban J connectivity index is 1.84. The van der Waals surface area contributed by atoms with Gasteiger partial charge in [0.1, 0.15) is 6.61 Å². The number of hydrogen-bond donors (Lipinski definition) is 2. The zero-order valence-electron chi connectivity index (χ0n) is 12.1. The van der Waals surface area contributed by atoms with Crippen LogP contribution in [0.5, 0.6) is 11.5 Å². The second kappa shape index (κ2) is 6.03. The van der Waals surface area contributed by atoms with E-state index in [1.54, 1.807) is 32.0 Å². The van der Waals surface area contributed by atoms with Crippen LogP contribution >= 0.6 is 0 Å². The van der Waals surface area contributed by atoms with E-state index < -0.39 is 17.5 Å². The van der Waals surface area contributed by atoms with Crippen molar-refractivity contribution in [3.05, 3.63) is 24.3 Å². The van der Waals surface area contributed by atoms with Crippen molar-refractivity contribution in [3.63, 3.8) is 0 Å². The third-order valence-corrected chi connectivity index (χ3v) is 3.43. The molecule has 0 radical (unpaired) electrons. The van der Waals surface area contributed by atoms with E-state index >= 15 is 0 Å². The van der Waals surface area contributed by atoms with Crippen LogP contribution in [0.3, 0.4) is 0 Å². The van der Waals surface area contributed by atoms with Crippen molar-refractivity contribution in [1.29, 1.82) is 0 Å². The number of benzene rings is 1. The summed E-state index contributed by atoms with van der Waals surface area (Å²) < 4.78 is 11.0. The number of rotatable bonds is 5. The molecule has 0 aromatic heterocycles. The summed E-state index contributed by atoms with van der Waals surface area (Å²) in [5, 5.41) is 11.7. The molecule has 1 aliphatic heterocycles. The molecule has 0 saturated heterocycles. The number of nitrogens with one attached hydrogen (secondary N) is 1. The molecule has 0 fully saturated rings. The number of carboxylic acids is 1. The van der Waals surface area contributed by atoms with Gasteiger partial charge in [0.25, 0.3) is 5.91 Å². The standard InChI is InChI=1S/C15H19NO5/c1-15(2,14(18)19)7-8-16-13(17)12-9-20-10-5-3-4-6-11(10)21-12/h3-6,12H,7-9H2,1-2H3,(H,16,17)(H,18,19). The highest BCUT2D eigenvalue weighted by molar-refractivity contribution is 5.82. The minimum Gasteiger partial charge on any atom is -0.485 e. The Bertz CT molecular complexity index is 541. The number of ether oxygens (including phenoxy) is 2. The lowest BCUT2D eigenvalue weighted by molar-refractivity contribution is -0.147. The maximum atomic E-state index is 12.0. The van der Waals surface area contributed by atoms with Gasteiger partial charge in [-0.05, 0) is 32.4 Å². The van der Waals surface area contributed by atoms with E-state index in [1.165, 1.54) is 0 Å². The normalized spacial score (nSPS) is 17.1. The SMILES string of the molecule is CC(C)(CCNC(=O)C1COc2ccccc2O1)C(=O)O. The highest BCUT2D eigenvalue weighted by atomic mass is 16.6. The second-order valence-electron chi connectivity index (χ2n) is 5.59. The van der Waals surface area contributed by atoms with Crippen LogP contribution in [0, 0.1) is 5.41 Å². The highest BCUT2D eigenvalue weighted by Crippen LogP contribution is 2.30. The first-order valence-corrected chi connectivity index (χ1v) is 6.80. The average molecular weight is 293 g/mol. The first-order valence-electron chi connectivity index (χ1n) is 6.80. The summed E-state index contributed by atoms with van der Waals surface area (Å²) in [4.78, 5) is 23.0. The zero-order chi connectivity index (χ0) is 15.5. The topological polar surface area (TPSA) is 84.9 Å². The van der Waals surface area contributed by atoms with E-state index in [9.17, 15) is 9.59 Å². The summed E-state index contributed by atoms with van der Waals surface area (Å²) in [6, 6.07) is 7.15. The number of aliphatic carboxylic acids is 1. The Kier molecular flexibility index (Phi) is 4.35. The van der Waals surface area contributed by atoms with Crippen LogP contribution in [-0.4, -0.2) is 36.2 Å². The summed E-state index contributed by atoms with van der Waals surface area (Å²) in [5.41, 5.74) is -0.871. The van der Waals surface area contributed by atoms with Crippen LogP contribution in [0.25, 0.3) is 0 Å². The average Bonchev–Trinajstić information content (AvgIpc) is 2.46. The first-order chi connectivity index (χ1) is 9.90. The van der Waals surface area contributed by atoms with Gasteiger partial charge in [0.2, 0.25) is 6.10 Å². The predicted octanol–water partition coefficient (Wildman–Crippen LogP) is 1.44. The Hall–Kier alpha value is -2.24. The maximum Gasteiger partial charge on any atom is 0.309 e. The number of fused-ring (bicyclic) bond motifs is 1. The highest BCUT2D eigenvalue weighted by Gasteiger charge is 2.29. The van der Waals surface area contributed by atoms with Crippen LogP contribution in [0.1, 0.15) is 20.3 Å². The van der Waals surface area contributed by atoms with Gasteiger partial charge in [-0.2, -0.15) is 0 Å². The lowest BCUT2D eigenvalue weighted by Crippen LogP contribution is -2.45. The van der Waals surface area contributed by atoms with Gasteiger partial charge in [-0.3, -0.25) is 9.59 Å². The summed E-state index contributed by atoms with van der Waals surface area (Å²) in [7, 11) is 0. The molecule has 1 atom stereocenters. The fourth-order valence-corrected chi connectivity index (χ4v) is 1.87. The fraction of sp³-hybridized carbons (Fsp3) is 0.467. The lowest BCUT2D eigenvalue weighted by Gasteiger charge is -2.26. The van der Waals surface area contributed by atoms with Crippen LogP contribution in [0.4, 0.5) is 0 Å². The maximum absolute atomic E-state index is 12.0. The quantitative estimate of drug-likeness (QED) is 0.858. The molecule has 21 heavy (non-hydrogen) atoms. The van der Waals surface area contributed by atoms with Crippen molar-refractivity contribution in [2.45, 2.75) is 26.4 Å². The number of amides is 1. The molecule has 0 saturated carbocycles. The molecule has 114 valence electrons. The smallest absolute Gasteiger partial charge is 0.309 e. The largest absolute Gasteiger partial charge is 0.485 e. The second-order valence-corrected chi connectivity index (χ2v) is 5.59. The van der Waals surface area contributed by atoms with E-state index in [-0.39, 0.29) is 19.1 Å². The molecule has 1 aromatic carbocycles. The van der Waals surface area contributed by atoms with E-state index in [4.69, 9.17) is 14.6 Å². The molecular weight excluding hydrogens is 274 g/mol. The van der Waals surface area contributed by atoms with Crippen molar-refractivity contribution in [3.8, 4) is 11.5 Å². The summed E-state index contributed by atoms with van der Waals surface area (Å²) in [6.07, 6.45) is -0.369. The first kappa shape index (κ1) is 15.2. The van der Waals surface area contributed by atoms with E-state index in [2.05, 4.69) is 5.32 Å². The summed E-state index contributed by atoms with van der Waals surface area (Å²) >= 11 is 0. The monoisotopic (exact) mass is 293 g/mol. The molecule has 0 bridgehead atoms. The Labute approximate surface area is 123 Å². The number of hydrogen-bond acceptors (Lipinski definition) is 4. The Morgan fingerprint density at radius 2 is 2.00 bits per heavy atom. The van der Waals surface area contributed by atoms with E-state index in [0.29, 0.717) is 17.9 Å². The molecule has 0 aliphatic carbocycles. The van der Waals surface area contributed by atoms with Crippen molar-refractivity contribution in [1.82, 2.24) is 5.32 Å². The molecule has 1 aliphatic rings. The molecule has 1 heterocycles. The van der Waals surface area contributed by atoms with E-state index in [0.717, 1.165) is 0 Å². The fourth-order valence-electron chi connectivity index (χ4n) is 1.87. The van der Waals surface area contributed by atoms with Gasteiger partial charge < -0.3 is 19.9 Å². The molecule has 6 nitrogen and oxygen atoms in total. The Morgan fingerprint density at radius 1 is 1.33 bits per heavy atom. The Morgan fingerprint density at radius 3 is 2.67 bits per heavy atom. The van der Waals surface area contributed by atoms with Crippen molar-refractivity contribution < 1.29 is 24.2 Å². The van der Waals surface area contributed by atoms with Crippen molar-refractivity contribution >= 4 is 11.9 Å². The van der Waals surface area contributed by atoms with Gasteiger partial charge in [-0.25, -0.2) is 0 Å². The van der Waals surface area contributed by atoms with Crippen molar-refractivity contribution in [2.24, 2.45) is 5.41 Å². The van der Waals surface area contributed by atoms with Gasteiger partial charge in [0.05, 0.1) is 5.41 Å². The molecular formula is C15H19NO5. The van der Waals surface area contributed by atoms with Gasteiger partial charge in [0.15, 0.2) is 11.5 Å². The summed E-state index contributed by atoms with van der Waals surface area (Å²) in [5.74, 6) is -0.0306. The van der Waals surface area contributed by atoms with E-state index in [1.807, 2.05) is 6.07 Å². The molecule has 2 N–H and O–H groups in total. The minimum atomic E-state index is -0.886. The third-order valence-electron chi connectivity index (χ3n) is 3.43. The lowest BCUT2D eigenvalue weighted by atomic mass is 9.90. The minimum absolute atomic E-state index is 0.144. The molecule has 0 spiro atoms. The number of para-hydroxylation sites is 2. The van der Waals surface area contributed by atoms with Crippen LogP contribution < -0.4 is 14.8 Å². The number of carbonyl (C=O) groups excluding carboxylic acids is 1. The van der Waals surface area contributed by atoms with Gasteiger partial charge in [-0.15, -0.1) is 0 Å².